The monoisotopic (exact) mass is 473 g/mol. The van der Waals surface area contributed by atoms with Crippen molar-refractivity contribution in [3.05, 3.63) is 71.0 Å². The van der Waals surface area contributed by atoms with E-state index in [1.54, 1.807) is 12.1 Å². The summed E-state index contributed by atoms with van der Waals surface area (Å²) in [6, 6.07) is 15.1. The van der Waals surface area contributed by atoms with E-state index >= 15 is 0 Å². The Hall–Kier alpha value is -3.72. The molecule has 1 aliphatic heterocycles. The van der Waals surface area contributed by atoms with Gasteiger partial charge in [-0.15, -0.1) is 0 Å². The zero-order valence-corrected chi connectivity index (χ0v) is 19.7. The number of thioether (sulfide) groups is 1. The molecule has 4 aromatic rings. The van der Waals surface area contributed by atoms with Gasteiger partial charge in [0.15, 0.2) is 5.65 Å². The standard InChI is InChI=1S/C25H23N5O3S/c1-15-19(16(2)30-24(26-15)20-5-3-4-6-21(20)28-30)11-12-22(31)27-18-9-7-17(8-10-18)13-29-23(32)14-34-25(29)33/h3-10H,11-14H2,1-2H3,(H,27,31). The van der Waals surface area contributed by atoms with Crippen molar-refractivity contribution in [1.29, 1.82) is 0 Å². The summed E-state index contributed by atoms with van der Waals surface area (Å²) in [5.74, 6) is -0.0713. The highest BCUT2D eigenvalue weighted by molar-refractivity contribution is 8.14. The van der Waals surface area contributed by atoms with Crippen LogP contribution in [0.2, 0.25) is 0 Å². The number of carbonyl (C=O) groups excluding carboxylic acids is 3. The van der Waals surface area contributed by atoms with E-state index < -0.39 is 0 Å². The maximum atomic E-state index is 12.6. The Bertz CT molecular complexity index is 1430. The number of carbonyl (C=O) groups is 3. The summed E-state index contributed by atoms with van der Waals surface area (Å²) in [6.07, 6.45) is 0.864. The third-order valence-corrected chi connectivity index (χ3v) is 6.90. The Balaban J connectivity index is 1.24. The lowest BCUT2D eigenvalue weighted by Gasteiger charge is -2.13. The number of aromatic nitrogens is 3. The van der Waals surface area contributed by atoms with E-state index in [1.807, 2.05) is 54.8 Å². The van der Waals surface area contributed by atoms with Crippen LogP contribution in [-0.2, 0) is 22.6 Å². The first-order chi connectivity index (χ1) is 16.4. The largest absolute Gasteiger partial charge is 0.326 e. The van der Waals surface area contributed by atoms with Crippen molar-refractivity contribution in [1.82, 2.24) is 19.5 Å². The van der Waals surface area contributed by atoms with Gasteiger partial charge >= 0.3 is 0 Å². The van der Waals surface area contributed by atoms with Crippen molar-refractivity contribution in [2.24, 2.45) is 0 Å². The van der Waals surface area contributed by atoms with Gasteiger partial charge in [0, 0.05) is 28.9 Å². The topological polar surface area (TPSA) is 96.7 Å². The van der Waals surface area contributed by atoms with Crippen LogP contribution in [-0.4, -0.2) is 42.3 Å². The second-order valence-corrected chi connectivity index (χ2v) is 9.22. The van der Waals surface area contributed by atoms with Gasteiger partial charge in [-0.1, -0.05) is 36.0 Å². The van der Waals surface area contributed by atoms with E-state index in [9.17, 15) is 14.4 Å². The quantitative estimate of drug-likeness (QED) is 0.449. The lowest BCUT2D eigenvalue weighted by molar-refractivity contribution is -0.125. The molecule has 5 rings (SSSR count). The average molecular weight is 474 g/mol. The molecule has 3 heterocycles. The Kier molecular flexibility index (Phi) is 5.79. The summed E-state index contributed by atoms with van der Waals surface area (Å²) in [5.41, 5.74) is 6.13. The van der Waals surface area contributed by atoms with Gasteiger partial charge in [-0.25, -0.2) is 9.50 Å². The third kappa shape index (κ3) is 4.14. The minimum atomic E-state index is -0.219. The first kappa shape index (κ1) is 22.1. The fourth-order valence-corrected chi connectivity index (χ4v) is 4.94. The lowest BCUT2D eigenvalue weighted by atomic mass is 10.1. The van der Waals surface area contributed by atoms with Crippen LogP contribution >= 0.6 is 11.8 Å². The molecule has 172 valence electrons. The minimum Gasteiger partial charge on any atom is -0.326 e. The first-order valence-corrected chi connectivity index (χ1v) is 12.0. The van der Waals surface area contributed by atoms with Gasteiger partial charge in [0.25, 0.3) is 5.24 Å². The highest BCUT2D eigenvalue weighted by Crippen LogP contribution is 2.24. The molecule has 1 N–H and O–H groups in total. The number of rotatable bonds is 6. The van der Waals surface area contributed by atoms with Gasteiger partial charge in [-0.2, -0.15) is 5.10 Å². The summed E-state index contributed by atoms with van der Waals surface area (Å²) < 4.78 is 1.86. The summed E-state index contributed by atoms with van der Waals surface area (Å²) in [5, 5.41) is 8.38. The Morgan fingerprint density at radius 1 is 1.09 bits per heavy atom. The van der Waals surface area contributed by atoms with Crippen LogP contribution in [0.25, 0.3) is 16.6 Å². The molecule has 1 fully saturated rings. The van der Waals surface area contributed by atoms with Crippen LogP contribution in [0.5, 0.6) is 0 Å². The van der Waals surface area contributed by atoms with Gasteiger partial charge in [0.2, 0.25) is 11.8 Å². The number of anilines is 1. The summed E-state index contributed by atoms with van der Waals surface area (Å²) in [7, 11) is 0. The number of hydrogen-bond donors (Lipinski definition) is 1. The third-order valence-electron chi connectivity index (χ3n) is 6.04. The normalized spacial score (nSPS) is 13.9. The number of hydrogen-bond acceptors (Lipinski definition) is 6. The predicted octanol–water partition coefficient (Wildman–Crippen LogP) is 4.27. The smallest absolute Gasteiger partial charge is 0.289 e. The lowest BCUT2D eigenvalue weighted by Crippen LogP contribution is -2.27. The van der Waals surface area contributed by atoms with Crippen molar-refractivity contribution < 1.29 is 14.4 Å². The predicted molar refractivity (Wildman–Crippen MR) is 132 cm³/mol. The maximum Gasteiger partial charge on any atom is 0.289 e. The molecule has 9 heteroatoms. The van der Waals surface area contributed by atoms with Crippen LogP contribution in [0.1, 0.15) is 28.9 Å². The summed E-state index contributed by atoms with van der Waals surface area (Å²) in [4.78, 5) is 42.1. The zero-order chi connectivity index (χ0) is 23.8. The fraction of sp³-hybridized carbons (Fsp3) is 0.240. The van der Waals surface area contributed by atoms with Gasteiger partial charge in [0.1, 0.15) is 0 Å². The number of imide groups is 1. The number of nitrogens with zero attached hydrogens (tertiary/aromatic N) is 4. The molecule has 0 unspecified atom stereocenters. The van der Waals surface area contributed by atoms with Crippen molar-refractivity contribution in [3.8, 4) is 0 Å². The van der Waals surface area contributed by atoms with Crippen LogP contribution in [0.3, 0.4) is 0 Å². The van der Waals surface area contributed by atoms with Gasteiger partial charge < -0.3 is 5.32 Å². The molecule has 0 atom stereocenters. The molecule has 2 aromatic carbocycles. The number of aryl methyl sites for hydroxylation is 2. The number of benzene rings is 2. The number of amides is 3. The van der Waals surface area contributed by atoms with Crippen molar-refractivity contribution in [2.45, 2.75) is 33.2 Å². The molecular weight excluding hydrogens is 450 g/mol. The van der Waals surface area contributed by atoms with Crippen LogP contribution in [0.15, 0.2) is 48.5 Å². The number of nitrogens with one attached hydrogen (secondary N) is 1. The first-order valence-electron chi connectivity index (χ1n) is 11.0. The van der Waals surface area contributed by atoms with Crippen LogP contribution < -0.4 is 5.32 Å². The SMILES string of the molecule is Cc1nc2c3ccccc3nn2c(C)c1CCC(=O)Nc1ccc(CN2C(=O)CSC2=O)cc1. The molecule has 0 saturated carbocycles. The van der Waals surface area contributed by atoms with E-state index in [-0.39, 0.29) is 29.4 Å². The van der Waals surface area contributed by atoms with Gasteiger partial charge in [-0.3, -0.25) is 19.3 Å². The molecule has 0 radical (unpaired) electrons. The zero-order valence-electron chi connectivity index (χ0n) is 18.9. The Labute approximate surface area is 200 Å². The van der Waals surface area contributed by atoms with Crippen molar-refractivity contribution in [2.75, 3.05) is 11.1 Å². The van der Waals surface area contributed by atoms with E-state index in [0.717, 1.165) is 50.8 Å². The average Bonchev–Trinajstić information content (AvgIpc) is 3.35. The molecule has 0 bridgehead atoms. The molecule has 0 aliphatic carbocycles. The molecule has 1 aliphatic rings. The van der Waals surface area contributed by atoms with Gasteiger partial charge in [-0.05, 0) is 55.7 Å². The summed E-state index contributed by atoms with van der Waals surface area (Å²) in [6.45, 7) is 4.22. The Morgan fingerprint density at radius 2 is 1.85 bits per heavy atom. The van der Waals surface area contributed by atoms with E-state index in [0.29, 0.717) is 18.5 Å². The minimum absolute atomic E-state index is 0.0985. The van der Waals surface area contributed by atoms with E-state index in [4.69, 9.17) is 4.98 Å². The molecule has 2 aromatic heterocycles. The van der Waals surface area contributed by atoms with Gasteiger partial charge in [0.05, 0.1) is 17.8 Å². The highest BCUT2D eigenvalue weighted by Gasteiger charge is 2.29. The summed E-state index contributed by atoms with van der Waals surface area (Å²) >= 11 is 1.02. The maximum absolute atomic E-state index is 12.6. The second kappa shape index (κ2) is 8.90. The van der Waals surface area contributed by atoms with E-state index in [2.05, 4.69) is 10.4 Å². The highest BCUT2D eigenvalue weighted by atomic mass is 32.2. The molecule has 8 nitrogen and oxygen atoms in total. The molecule has 1 saturated heterocycles. The molecule has 0 spiro atoms. The molecular formula is C25H23N5O3S. The molecule has 3 amide bonds. The Morgan fingerprint density at radius 3 is 2.59 bits per heavy atom. The molecule has 34 heavy (non-hydrogen) atoms. The van der Waals surface area contributed by atoms with Crippen molar-refractivity contribution >= 4 is 51.1 Å². The fourth-order valence-electron chi connectivity index (χ4n) is 4.21. The van der Waals surface area contributed by atoms with Crippen LogP contribution in [0, 0.1) is 13.8 Å². The second-order valence-electron chi connectivity index (χ2n) is 8.29. The van der Waals surface area contributed by atoms with Crippen molar-refractivity contribution in [3.63, 3.8) is 0 Å². The van der Waals surface area contributed by atoms with Crippen LogP contribution in [0.4, 0.5) is 10.5 Å². The van der Waals surface area contributed by atoms with E-state index in [1.165, 1.54) is 4.90 Å². The number of fused-ring (bicyclic) bond motifs is 3.